The summed E-state index contributed by atoms with van der Waals surface area (Å²) in [6, 6.07) is 0. The summed E-state index contributed by atoms with van der Waals surface area (Å²) in [5, 5.41) is 2.62. The molecule has 1 aliphatic carbocycles. The van der Waals surface area contributed by atoms with E-state index >= 15 is 0 Å². The van der Waals surface area contributed by atoms with Crippen LogP contribution in [0.1, 0.15) is 32.1 Å². The number of halogens is 2. The number of nitrogens with two attached hydrogens (primary N) is 1. The maximum atomic E-state index is 11.7. The van der Waals surface area contributed by atoms with Gasteiger partial charge in [-0.25, -0.2) is 8.78 Å². The molecular formula is C11H20F2N2O2. The van der Waals surface area contributed by atoms with Crippen LogP contribution in [0.5, 0.6) is 0 Å². The molecule has 0 unspecified atom stereocenters. The van der Waals surface area contributed by atoms with Gasteiger partial charge in [0.25, 0.3) is 6.43 Å². The van der Waals surface area contributed by atoms with Crippen LogP contribution in [0, 0.1) is 0 Å². The van der Waals surface area contributed by atoms with Crippen molar-refractivity contribution in [2.45, 2.75) is 44.1 Å². The lowest BCUT2D eigenvalue weighted by atomic mass is 9.94. The van der Waals surface area contributed by atoms with Gasteiger partial charge in [0.15, 0.2) is 0 Å². The van der Waals surface area contributed by atoms with E-state index in [1.807, 2.05) is 0 Å². The van der Waals surface area contributed by atoms with E-state index in [2.05, 4.69) is 10.1 Å². The van der Waals surface area contributed by atoms with Gasteiger partial charge in [0.05, 0.1) is 6.61 Å². The van der Waals surface area contributed by atoms with Crippen molar-refractivity contribution in [1.82, 2.24) is 5.32 Å². The lowest BCUT2D eigenvalue weighted by Gasteiger charge is -2.22. The summed E-state index contributed by atoms with van der Waals surface area (Å²) >= 11 is 0. The number of amides is 1. The third-order valence-corrected chi connectivity index (χ3v) is 2.92. The lowest BCUT2D eigenvalue weighted by Crippen LogP contribution is -2.42. The number of carbonyl (C=O) groups is 1. The molecule has 0 bridgehead atoms. The van der Waals surface area contributed by atoms with Crippen molar-refractivity contribution in [3.8, 4) is 0 Å². The van der Waals surface area contributed by atoms with Crippen molar-refractivity contribution in [3.63, 3.8) is 0 Å². The molecule has 0 aromatic carbocycles. The second kappa shape index (κ2) is 6.86. The fourth-order valence-corrected chi connectivity index (χ4v) is 2.07. The van der Waals surface area contributed by atoms with E-state index in [0.717, 1.165) is 25.7 Å². The molecule has 3 N–H and O–H groups in total. The van der Waals surface area contributed by atoms with Gasteiger partial charge in [-0.15, -0.1) is 0 Å². The molecule has 100 valence electrons. The largest absolute Gasteiger partial charge is 0.374 e. The van der Waals surface area contributed by atoms with Gasteiger partial charge in [0.1, 0.15) is 6.61 Å². The Morgan fingerprint density at radius 3 is 2.65 bits per heavy atom. The van der Waals surface area contributed by atoms with Crippen molar-refractivity contribution in [3.05, 3.63) is 0 Å². The molecule has 0 heterocycles. The predicted octanol–water partition coefficient (Wildman–Crippen LogP) is 1.05. The van der Waals surface area contributed by atoms with Crippen LogP contribution in [-0.4, -0.2) is 37.6 Å². The zero-order valence-electron chi connectivity index (χ0n) is 9.88. The lowest BCUT2D eigenvalue weighted by molar-refractivity contribution is -0.122. The van der Waals surface area contributed by atoms with E-state index in [9.17, 15) is 13.6 Å². The Morgan fingerprint density at radius 1 is 1.41 bits per heavy atom. The molecule has 1 amide bonds. The zero-order valence-corrected chi connectivity index (χ0v) is 9.88. The molecule has 0 saturated heterocycles. The van der Waals surface area contributed by atoms with Gasteiger partial charge in [-0.1, -0.05) is 12.8 Å². The summed E-state index contributed by atoms with van der Waals surface area (Å²) in [7, 11) is 0. The van der Waals surface area contributed by atoms with E-state index in [-0.39, 0.29) is 24.6 Å². The average molecular weight is 250 g/mol. The van der Waals surface area contributed by atoms with E-state index in [4.69, 9.17) is 5.73 Å². The molecule has 1 saturated carbocycles. The molecular weight excluding hydrogens is 230 g/mol. The van der Waals surface area contributed by atoms with Crippen LogP contribution in [-0.2, 0) is 9.53 Å². The zero-order chi connectivity index (χ0) is 12.7. The predicted molar refractivity (Wildman–Crippen MR) is 59.8 cm³/mol. The molecule has 0 aromatic heterocycles. The quantitative estimate of drug-likeness (QED) is 0.664. The van der Waals surface area contributed by atoms with Gasteiger partial charge in [0, 0.05) is 18.5 Å². The van der Waals surface area contributed by atoms with Crippen molar-refractivity contribution in [1.29, 1.82) is 0 Å². The first-order chi connectivity index (χ1) is 8.02. The number of nitrogens with one attached hydrogen (secondary N) is 1. The molecule has 0 aromatic rings. The summed E-state index contributed by atoms with van der Waals surface area (Å²) in [5.74, 6) is -0.130. The fourth-order valence-electron chi connectivity index (χ4n) is 2.07. The minimum Gasteiger partial charge on any atom is -0.374 e. The molecule has 17 heavy (non-hydrogen) atoms. The number of hydrogen-bond acceptors (Lipinski definition) is 3. The maximum Gasteiger partial charge on any atom is 0.261 e. The van der Waals surface area contributed by atoms with Crippen LogP contribution >= 0.6 is 0 Å². The molecule has 1 fully saturated rings. The van der Waals surface area contributed by atoms with Crippen LogP contribution < -0.4 is 11.1 Å². The number of alkyl halides is 2. The monoisotopic (exact) mass is 250 g/mol. The number of carbonyl (C=O) groups excluding carboxylic acids is 1. The summed E-state index contributed by atoms with van der Waals surface area (Å²) in [6.45, 7) is -0.230. The Hall–Kier alpha value is -0.750. The maximum absolute atomic E-state index is 11.7. The molecule has 0 aliphatic heterocycles. The highest BCUT2D eigenvalue weighted by Crippen LogP contribution is 2.29. The van der Waals surface area contributed by atoms with Crippen molar-refractivity contribution in [2.75, 3.05) is 19.8 Å². The van der Waals surface area contributed by atoms with Crippen LogP contribution in [0.4, 0.5) is 8.78 Å². The second-order valence-corrected chi connectivity index (χ2v) is 4.56. The van der Waals surface area contributed by atoms with Crippen LogP contribution in [0.15, 0.2) is 0 Å². The standard InChI is InChI=1S/C11H20F2N2O2/c12-9(13)8-17-6-5-15-10(16)7-11(14)3-1-2-4-11/h9H,1-8,14H2,(H,15,16). The van der Waals surface area contributed by atoms with Gasteiger partial charge >= 0.3 is 0 Å². The molecule has 0 radical (unpaired) electrons. The van der Waals surface area contributed by atoms with Gasteiger partial charge < -0.3 is 15.8 Å². The Morgan fingerprint density at radius 2 is 2.06 bits per heavy atom. The smallest absolute Gasteiger partial charge is 0.261 e. The van der Waals surface area contributed by atoms with Crippen LogP contribution in [0.3, 0.4) is 0 Å². The first-order valence-electron chi connectivity index (χ1n) is 5.93. The van der Waals surface area contributed by atoms with Gasteiger partial charge in [-0.05, 0) is 12.8 Å². The van der Waals surface area contributed by atoms with Crippen molar-refractivity contribution >= 4 is 5.91 Å². The topological polar surface area (TPSA) is 64.4 Å². The van der Waals surface area contributed by atoms with E-state index in [1.165, 1.54) is 0 Å². The molecule has 1 rings (SSSR count). The van der Waals surface area contributed by atoms with E-state index in [1.54, 1.807) is 0 Å². The number of hydrogen-bond donors (Lipinski definition) is 2. The highest BCUT2D eigenvalue weighted by Gasteiger charge is 2.31. The molecule has 0 spiro atoms. The first-order valence-corrected chi connectivity index (χ1v) is 5.93. The first kappa shape index (κ1) is 14.3. The highest BCUT2D eigenvalue weighted by molar-refractivity contribution is 5.77. The third kappa shape index (κ3) is 5.93. The Kier molecular flexibility index (Phi) is 5.77. The normalized spacial score (nSPS) is 18.6. The van der Waals surface area contributed by atoms with Crippen molar-refractivity contribution in [2.24, 2.45) is 5.73 Å². The minimum atomic E-state index is -2.46. The van der Waals surface area contributed by atoms with Crippen LogP contribution in [0.2, 0.25) is 0 Å². The second-order valence-electron chi connectivity index (χ2n) is 4.56. The van der Waals surface area contributed by atoms with Gasteiger partial charge in [-0.3, -0.25) is 4.79 Å². The Balaban J connectivity index is 2.05. The van der Waals surface area contributed by atoms with Gasteiger partial charge in [-0.2, -0.15) is 0 Å². The summed E-state index contributed by atoms with van der Waals surface area (Å²) < 4.78 is 28.1. The highest BCUT2D eigenvalue weighted by atomic mass is 19.3. The summed E-state index contributed by atoms with van der Waals surface area (Å²) in [5.41, 5.74) is 5.67. The third-order valence-electron chi connectivity index (χ3n) is 2.92. The molecule has 0 atom stereocenters. The molecule has 4 nitrogen and oxygen atoms in total. The molecule has 6 heteroatoms. The van der Waals surface area contributed by atoms with E-state index in [0.29, 0.717) is 6.42 Å². The van der Waals surface area contributed by atoms with Crippen molar-refractivity contribution < 1.29 is 18.3 Å². The van der Waals surface area contributed by atoms with E-state index < -0.39 is 13.0 Å². The minimum absolute atomic E-state index is 0.105. The van der Waals surface area contributed by atoms with Gasteiger partial charge in [0.2, 0.25) is 5.91 Å². The molecule has 1 aliphatic rings. The average Bonchev–Trinajstić information content (AvgIpc) is 2.63. The fraction of sp³-hybridized carbons (Fsp3) is 0.909. The number of rotatable bonds is 7. The Labute approximate surface area is 99.9 Å². The van der Waals surface area contributed by atoms with Crippen LogP contribution in [0.25, 0.3) is 0 Å². The summed E-state index contributed by atoms with van der Waals surface area (Å²) in [6.07, 6.45) is 1.74. The SMILES string of the molecule is NC1(CC(=O)NCCOCC(F)F)CCCC1. The summed E-state index contributed by atoms with van der Waals surface area (Å²) in [4.78, 5) is 11.5. The number of ether oxygens (including phenoxy) is 1. The Bertz CT molecular complexity index is 244.